The van der Waals surface area contributed by atoms with Crippen molar-refractivity contribution < 1.29 is 8.42 Å². The molecule has 0 saturated carbocycles. The molecular formula is C11H16N4O2S2. The van der Waals surface area contributed by atoms with Crippen LogP contribution >= 0.6 is 11.3 Å². The Morgan fingerprint density at radius 2 is 2.32 bits per heavy atom. The molecule has 8 heteroatoms. The monoisotopic (exact) mass is 300 g/mol. The first-order valence-corrected chi connectivity index (χ1v) is 8.15. The molecule has 0 aliphatic rings. The van der Waals surface area contributed by atoms with Crippen LogP contribution in [-0.2, 0) is 23.0 Å². The van der Waals surface area contributed by atoms with E-state index in [4.69, 9.17) is 5.73 Å². The van der Waals surface area contributed by atoms with Gasteiger partial charge in [0.1, 0.15) is 0 Å². The SMILES string of the molecule is Cc1csc(CCNS(=O)(=O)c2c[nH]c(CN)c2)n1. The first-order chi connectivity index (χ1) is 9.01. The fourth-order valence-electron chi connectivity index (χ4n) is 1.59. The minimum absolute atomic E-state index is 0.211. The lowest BCUT2D eigenvalue weighted by Crippen LogP contribution is -2.25. The van der Waals surface area contributed by atoms with Crippen molar-refractivity contribution in [2.45, 2.75) is 24.8 Å². The standard InChI is InChI=1S/C11H16N4O2S2/c1-8-7-18-11(15-8)2-3-14-19(16,17)10-4-9(5-12)13-6-10/h4,6-7,13-14H,2-3,5,12H2,1H3. The maximum atomic E-state index is 12.0. The molecule has 0 unspecified atom stereocenters. The molecule has 104 valence electrons. The van der Waals surface area contributed by atoms with E-state index < -0.39 is 10.0 Å². The van der Waals surface area contributed by atoms with Crippen molar-refractivity contribution in [3.63, 3.8) is 0 Å². The fraction of sp³-hybridized carbons (Fsp3) is 0.364. The van der Waals surface area contributed by atoms with E-state index in [1.54, 1.807) is 0 Å². The molecule has 0 radical (unpaired) electrons. The predicted octanol–water partition coefficient (Wildman–Crippen LogP) is 0.759. The third-order valence-corrected chi connectivity index (χ3v) is 5.01. The third kappa shape index (κ3) is 3.63. The van der Waals surface area contributed by atoms with E-state index >= 15 is 0 Å². The molecule has 0 amide bonds. The zero-order valence-corrected chi connectivity index (χ0v) is 12.1. The Morgan fingerprint density at radius 3 is 2.89 bits per heavy atom. The van der Waals surface area contributed by atoms with Gasteiger partial charge in [-0.2, -0.15) is 0 Å². The number of H-pyrrole nitrogens is 1. The number of nitrogens with one attached hydrogen (secondary N) is 2. The molecule has 6 nitrogen and oxygen atoms in total. The lowest BCUT2D eigenvalue weighted by Gasteiger charge is -2.03. The average molecular weight is 300 g/mol. The number of nitrogens with two attached hydrogens (primary N) is 1. The van der Waals surface area contributed by atoms with Crippen LogP contribution in [0, 0.1) is 6.92 Å². The van der Waals surface area contributed by atoms with Gasteiger partial charge in [-0.25, -0.2) is 18.1 Å². The largest absolute Gasteiger partial charge is 0.363 e. The summed E-state index contributed by atoms with van der Waals surface area (Å²) in [5, 5.41) is 2.88. The number of hydrogen-bond donors (Lipinski definition) is 3. The number of hydrogen-bond acceptors (Lipinski definition) is 5. The maximum Gasteiger partial charge on any atom is 0.242 e. The van der Waals surface area contributed by atoms with Gasteiger partial charge in [0.2, 0.25) is 10.0 Å². The second kappa shape index (κ2) is 5.83. The van der Waals surface area contributed by atoms with Crippen LogP contribution in [0.4, 0.5) is 0 Å². The zero-order valence-electron chi connectivity index (χ0n) is 10.5. The quantitative estimate of drug-likeness (QED) is 0.733. The highest BCUT2D eigenvalue weighted by molar-refractivity contribution is 7.89. The molecule has 0 atom stereocenters. The number of sulfonamides is 1. The number of aromatic amines is 1. The summed E-state index contributed by atoms with van der Waals surface area (Å²) in [6.45, 7) is 2.53. The van der Waals surface area contributed by atoms with Gasteiger partial charge in [-0.3, -0.25) is 0 Å². The van der Waals surface area contributed by atoms with E-state index in [2.05, 4.69) is 14.7 Å². The Balaban J connectivity index is 1.94. The van der Waals surface area contributed by atoms with E-state index in [1.165, 1.54) is 23.6 Å². The second-order valence-corrected chi connectivity index (χ2v) is 6.80. The molecule has 0 aliphatic carbocycles. The Hall–Kier alpha value is -1.22. The van der Waals surface area contributed by atoms with Gasteiger partial charge in [-0.1, -0.05) is 0 Å². The van der Waals surface area contributed by atoms with Crippen molar-refractivity contribution in [1.82, 2.24) is 14.7 Å². The fourth-order valence-corrected chi connectivity index (χ4v) is 3.41. The van der Waals surface area contributed by atoms with Crippen LogP contribution in [0.5, 0.6) is 0 Å². The number of aromatic nitrogens is 2. The van der Waals surface area contributed by atoms with Gasteiger partial charge in [0.25, 0.3) is 0 Å². The minimum Gasteiger partial charge on any atom is -0.363 e. The van der Waals surface area contributed by atoms with E-state index in [1.807, 2.05) is 12.3 Å². The van der Waals surface area contributed by atoms with E-state index in [0.717, 1.165) is 10.7 Å². The van der Waals surface area contributed by atoms with Gasteiger partial charge in [-0.15, -0.1) is 11.3 Å². The summed E-state index contributed by atoms with van der Waals surface area (Å²) in [5.74, 6) is 0. The molecule has 19 heavy (non-hydrogen) atoms. The summed E-state index contributed by atoms with van der Waals surface area (Å²) in [7, 11) is -3.47. The highest BCUT2D eigenvalue weighted by Crippen LogP contribution is 2.11. The highest BCUT2D eigenvalue weighted by atomic mass is 32.2. The van der Waals surface area contributed by atoms with Crippen LogP contribution in [0.25, 0.3) is 0 Å². The molecule has 2 aromatic heterocycles. The van der Waals surface area contributed by atoms with E-state index in [9.17, 15) is 8.42 Å². The van der Waals surface area contributed by atoms with Crippen LogP contribution in [0.3, 0.4) is 0 Å². The Morgan fingerprint density at radius 1 is 1.53 bits per heavy atom. The molecular weight excluding hydrogens is 284 g/mol. The molecule has 2 heterocycles. The molecule has 0 aromatic carbocycles. The van der Waals surface area contributed by atoms with Gasteiger partial charge in [-0.05, 0) is 13.0 Å². The van der Waals surface area contributed by atoms with Crippen LogP contribution < -0.4 is 10.5 Å². The lowest BCUT2D eigenvalue weighted by atomic mass is 10.4. The molecule has 2 rings (SSSR count). The van der Waals surface area contributed by atoms with E-state index in [0.29, 0.717) is 18.7 Å². The van der Waals surface area contributed by atoms with Crippen LogP contribution in [-0.4, -0.2) is 24.9 Å². The minimum atomic E-state index is -3.47. The molecule has 0 fully saturated rings. The first-order valence-electron chi connectivity index (χ1n) is 5.79. The third-order valence-electron chi connectivity index (χ3n) is 2.54. The topological polar surface area (TPSA) is 101 Å². The average Bonchev–Trinajstić information content (AvgIpc) is 2.98. The normalized spacial score (nSPS) is 11.9. The van der Waals surface area contributed by atoms with Gasteiger partial charge in [0.05, 0.1) is 9.90 Å². The predicted molar refractivity (Wildman–Crippen MR) is 74.4 cm³/mol. The Labute approximate surface area is 116 Å². The van der Waals surface area contributed by atoms with Gasteiger partial charge in [0.15, 0.2) is 0 Å². The number of thiazole rings is 1. The Kier molecular flexibility index (Phi) is 4.35. The molecule has 0 spiro atoms. The lowest BCUT2D eigenvalue weighted by molar-refractivity contribution is 0.581. The zero-order chi connectivity index (χ0) is 13.9. The number of nitrogens with zero attached hydrogens (tertiary/aromatic N) is 1. The highest BCUT2D eigenvalue weighted by Gasteiger charge is 2.15. The van der Waals surface area contributed by atoms with Crippen molar-refractivity contribution in [1.29, 1.82) is 0 Å². The van der Waals surface area contributed by atoms with Crippen LogP contribution in [0.1, 0.15) is 16.4 Å². The van der Waals surface area contributed by atoms with Crippen molar-refractivity contribution in [3.05, 3.63) is 34.0 Å². The van der Waals surface area contributed by atoms with Crippen molar-refractivity contribution in [3.8, 4) is 0 Å². The van der Waals surface area contributed by atoms with Crippen molar-refractivity contribution in [2.75, 3.05) is 6.54 Å². The van der Waals surface area contributed by atoms with Gasteiger partial charge >= 0.3 is 0 Å². The second-order valence-electron chi connectivity index (χ2n) is 4.10. The summed E-state index contributed by atoms with van der Waals surface area (Å²) in [5.41, 5.74) is 7.08. The van der Waals surface area contributed by atoms with Crippen molar-refractivity contribution in [2.24, 2.45) is 5.73 Å². The molecule has 0 bridgehead atoms. The van der Waals surface area contributed by atoms with Gasteiger partial charge < -0.3 is 10.7 Å². The van der Waals surface area contributed by atoms with E-state index in [-0.39, 0.29) is 11.4 Å². The molecule has 0 saturated heterocycles. The van der Waals surface area contributed by atoms with Crippen molar-refractivity contribution >= 4 is 21.4 Å². The molecule has 2 aromatic rings. The molecule has 4 N–H and O–H groups in total. The summed E-state index contributed by atoms with van der Waals surface area (Å²) in [6, 6.07) is 1.54. The van der Waals surface area contributed by atoms with Crippen LogP contribution in [0.15, 0.2) is 22.5 Å². The summed E-state index contributed by atoms with van der Waals surface area (Å²) in [4.78, 5) is 7.31. The Bertz CT molecular complexity index is 645. The number of aryl methyl sites for hydroxylation is 1. The maximum absolute atomic E-state index is 12.0. The van der Waals surface area contributed by atoms with Crippen LogP contribution in [0.2, 0.25) is 0 Å². The summed E-state index contributed by atoms with van der Waals surface area (Å²) >= 11 is 1.54. The molecule has 0 aliphatic heterocycles. The number of rotatable bonds is 6. The van der Waals surface area contributed by atoms with Gasteiger partial charge in [0, 0.05) is 42.5 Å². The summed E-state index contributed by atoms with van der Waals surface area (Å²) < 4.78 is 26.5. The first kappa shape index (κ1) is 14.2. The smallest absolute Gasteiger partial charge is 0.242 e. The summed E-state index contributed by atoms with van der Waals surface area (Å²) in [6.07, 6.45) is 2.03.